The molecule has 7 heteroatoms. The lowest BCUT2D eigenvalue weighted by Crippen LogP contribution is -2.17. The monoisotopic (exact) mass is 284 g/mol. The van der Waals surface area contributed by atoms with E-state index in [4.69, 9.17) is 10.8 Å². The van der Waals surface area contributed by atoms with Crippen molar-refractivity contribution in [2.45, 2.75) is 13.0 Å². The summed E-state index contributed by atoms with van der Waals surface area (Å²) in [4.78, 5) is 4.09. The van der Waals surface area contributed by atoms with Crippen LogP contribution >= 0.6 is 0 Å². The predicted molar refractivity (Wildman–Crippen MR) is 66.7 cm³/mol. The van der Waals surface area contributed by atoms with Crippen molar-refractivity contribution >= 4 is 5.69 Å². The van der Waals surface area contributed by atoms with Crippen LogP contribution in [0.3, 0.4) is 0 Å². The molecular weight excluding hydrogens is 273 g/mol. The number of aliphatic hydroxyl groups excluding tert-OH is 1. The van der Waals surface area contributed by atoms with Crippen molar-refractivity contribution in [2.75, 3.05) is 5.73 Å². The van der Waals surface area contributed by atoms with E-state index in [1.165, 1.54) is 24.3 Å². The van der Waals surface area contributed by atoms with E-state index in [0.29, 0.717) is 16.9 Å². The van der Waals surface area contributed by atoms with E-state index in [9.17, 15) is 13.2 Å². The van der Waals surface area contributed by atoms with Crippen LogP contribution in [-0.4, -0.2) is 16.5 Å². The number of aliphatic hydroxyl groups is 1. The van der Waals surface area contributed by atoms with Gasteiger partial charge >= 0.3 is 6.36 Å². The van der Waals surface area contributed by atoms with E-state index in [1.54, 1.807) is 12.1 Å². The second kappa shape index (κ2) is 5.38. The topological polar surface area (TPSA) is 68.4 Å². The van der Waals surface area contributed by atoms with E-state index in [1.807, 2.05) is 0 Å². The molecule has 2 rings (SSSR count). The molecule has 1 aromatic carbocycles. The molecule has 0 spiro atoms. The highest BCUT2D eigenvalue weighted by molar-refractivity contribution is 5.63. The fourth-order valence-corrected chi connectivity index (χ4v) is 1.65. The Bertz CT molecular complexity index is 615. The molecule has 3 N–H and O–H groups in total. The van der Waals surface area contributed by atoms with Crippen LogP contribution in [0, 0.1) is 0 Å². The maximum Gasteiger partial charge on any atom is 0.573 e. The number of aromatic nitrogens is 1. The van der Waals surface area contributed by atoms with Gasteiger partial charge in [-0.05, 0) is 24.3 Å². The minimum atomic E-state index is -4.75. The Morgan fingerprint density at radius 2 is 1.95 bits per heavy atom. The first-order valence-corrected chi connectivity index (χ1v) is 5.61. The van der Waals surface area contributed by atoms with Crippen molar-refractivity contribution < 1.29 is 23.0 Å². The van der Waals surface area contributed by atoms with E-state index >= 15 is 0 Å². The van der Waals surface area contributed by atoms with Crippen LogP contribution in [0.5, 0.6) is 5.75 Å². The third-order valence-corrected chi connectivity index (χ3v) is 2.52. The summed E-state index contributed by atoms with van der Waals surface area (Å²) >= 11 is 0. The molecule has 2 aromatic rings. The molecular formula is C13H11F3N2O2. The highest BCUT2D eigenvalue weighted by Crippen LogP contribution is 2.27. The summed E-state index contributed by atoms with van der Waals surface area (Å²) in [5.41, 5.74) is 7.01. The Kier molecular flexibility index (Phi) is 3.80. The lowest BCUT2D eigenvalue weighted by molar-refractivity contribution is -0.274. The Balaban J connectivity index is 2.36. The molecule has 1 heterocycles. The minimum Gasteiger partial charge on any atom is -0.406 e. The summed E-state index contributed by atoms with van der Waals surface area (Å²) in [5.74, 6) is -0.334. The van der Waals surface area contributed by atoms with Crippen molar-refractivity contribution in [1.29, 1.82) is 0 Å². The average molecular weight is 284 g/mol. The van der Waals surface area contributed by atoms with Crippen LogP contribution in [0.4, 0.5) is 18.9 Å². The fraction of sp³-hybridized carbons (Fsp3) is 0.154. The van der Waals surface area contributed by atoms with Gasteiger partial charge in [0.2, 0.25) is 0 Å². The Morgan fingerprint density at radius 1 is 1.20 bits per heavy atom. The van der Waals surface area contributed by atoms with Gasteiger partial charge in [0.15, 0.2) is 0 Å². The molecule has 0 aliphatic carbocycles. The number of anilines is 1. The lowest BCUT2D eigenvalue weighted by atomic mass is 10.1. The number of benzene rings is 1. The van der Waals surface area contributed by atoms with Crippen LogP contribution in [0.1, 0.15) is 5.69 Å². The molecule has 0 aliphatic heterocycles. The van der Waals surface area contributed by atoms with E-state index in [-0.39, 0.29) is 18.1 Å². The standard InChI is InChI=1S/C13H11F3N2O2/c14-13(15,16)20-9-3-1-2-8(6-9)11-5-4-10(17)12(7-19)18-11/h1-6,19H,7,17H2. The van der Waals surface area contributed by atoms with Gasteiger partial charge in [-0.2, -0.15) is 0 Å². The summed E-state index contributed by atoms with van der Waals surface area (Å²) in [6, 6.07) is 8.51. The van der Waals surface area contributed by atoms with E-state index in [2.05, 4.69) is 9.72 Å². The zero-order chi connectivity index (χ0) is 14.8. The van der Waals surface area contributed by atoms with Crippen molar-refractivity contribution in [3.8, 4) is 17.0 Å². The second-order valence-corrected chi connectivity index (χ2v) is 3.97. The summed E-state index contributed by atoms with van der Waals surface area (Å²) in [5, 5.41) is 9.08. The van der Waals surface area contributed by atoms with Crippen LogP contribution in [-0.2, 0) is 6.61 Å². The van der Waals surface area contributed by atoms with Gasteiger partial charge < -0.3 is 15.6 Å². The number of alkyl halides is 3. The van der Waals surface area contributed by atoms with Gasteiger partial charge in [-0.3, -0.25) is 0 Å². The molecule has 20 heavy (non-hydrogen) atoms. The molecule has 0 fully saturated rings. The largest absolute Gasteiger partial charge is 0.573 e. The maximum absolute atomic E-state index is 12.2. The normalized spacial score (nSPS) is 11.4. The van der Waals surface area contributed by atoms with E-state index in [0.717, 1.165) is 0 Å². The van der Waals surface area contributed by atoms with Gasteiger partial charge in [0.25, 0.3) is 0 Å². The van der Waals surface area contributed by atoms with Crippen LogP contribution in [0.15, 0.2) is 36.4 Å². The Labute approximate surface area is 112 Å². The number of nitrogens with zero attached hydrogens (tertiary/aromatic N) is 1. The molecule has 0 bridgehead atoms. The zero-order valence-corrected chi connectivity index (χ0v) is 10.2. The summed E-state index contributed by atoms with van der Waals surface area (Å²) < 4.78 is 40.3. The lowest BCUT2D eigenvalue weighted by Gasteiger charge is -2.10. The number of hydrogen-bond donors (Lipinski definition) is 2. The number of nitrogens with two attached hydrogens (primary N) is 1. The number of ether oxygens (including phenoxy) is 1. The number of hydrogen-bond acceptors (Lipinski definition) is 4. The van der Waals surface area contributed by atoms with Crippen molar-refractivity contribution in [1.82, 2.24) is 4.98 Å². The molecule has 0 unspecified atom stereocenters. The first-order valence-electron chi connectivity index (χ1n) is 5.61. The molecule has 0 saturated heterocycles. The van der Waals surface area contributed by atoms with Gasteiger partial charge in [-0.15, -0.1) is 13.2 Å². The van der Waals surface area contributed by atoms with Gasteiger partial charge in [0.05, 0.1) is 23.7 Å². The third kappa shape index (κ3) is 3.39. The molecule has 106 valence electrons. The van der Waals surface area contributed by atoms with Crippen LogP contribution < -0.4 is 10.5 Å². The molecule has 1 aromatic heterocycles. The van der Waals surface area contributed by atoms with Crippen molar-refractivity contribution in [2.24, 2.45) is 0 Å². The molecule has 0 radical (unpaired) electrons. The highest BCUT2D eigenvalue weighted by Gasteiger charge is 2.31. The summed E-state index contributed by atoms with van der Waals surface area (Å²) in [7, 11) is 0. The quantitative estimate of drug-likeness (QED) is 0.909. The zero-order valence-electron chi connectivity index (χ0n) is 10.2. The average Bonchev–Trinajstić information content (AvgIpc) is 2.37. The molecule has 0 amide bonds. The van der Waals surface area contributed by atoms with E-state index < -0.39 is 6.36 Å². The predicted octanol–water partition coefficient (Wildman–Crippen LogP) is 2.72. The number of nitrogen functional groups attached to an aromatic ring is 1. The molecule has 0 aliphatic rings. The minimum absolute atomic E-state index is 0.268. The number of pyridine rings is 1. The van der Waals surface area contributed by atoms with Gasteiger partial charge in [0.1, 0.15) is 5.75 Å². The first-order chi connectivity index (χ1) is 9.39. The summed E-state index contributed by atoms with van der Waals surface area (Å²) in [6.45, 7) is -0.349. The Morgan fingerprint density at radius 3 is 2.60 bits per heavy atom. The maximum atomic E-state index is 12.2. The van der Waals surface area contributed by atoms with Crippen molar-refractivity contribution in [3.05, 3.63) is 42.1 Å². The van der Waals surface area contributed by atoms with Crippen LogP contribution in [0.25, 0.3) is 11.3 Å². The second-order valence-electron chi connectivity index (χ2n) is 3.97. The van der Waals surface area contributed by atoms with Gasteiger partial charge in [-0.25, -0.2) is 4.98 Å². The third-order valence-electron chi connectivity index (χ3n) is 2.52. The number of halogens is 3. The molecule has 4 nitrogen and oxygen atoms in total. The SMILES string of the molecule is Nc1ccc(-c2cccc(OC(F)(F)F)c2)nc1CO. The fourth-order valence-electron chi connectivity index (χ4n) is 1.65. The number of rotatable bonds is 3. The van der Waals surface area contributed by atoms with Crippen molar-refractivity contribution in [3.63, 3.8) is 0 Å². The van der Waals surface area contributed by atoms with Crippen LogP contribution in [0.2, 0.25) is 0 Å². The molecule has 0 saturated carbocycles. The Hall–Kier alpha value is -2.28. The van der Waals surface area contributed by atoms with Gasteiger partial charge in [-0.1, -0.05) is 12.1 Å². The summed E-state index contributed by atoms with van der Waals surface area (Å²) in [6.07, 6.45) is -4.75. The molecule has 0 atom stereocenters. The highest BCUT2D eigenvalue weighted by atomic mass is 19.4. The van der Waals surface area contributed by atoms with Gasteiger partial charge in [0, 0.05) is 5.56 Å². The smallest absolute Gasteiger partial charge is 0.406 e. The first kappa shape index (κ1) is 14.1.